The van der Waals surface area contributed by atoms with Crippen molar-refractivity contribution in [2.75, 3.05) is 0 Å². The van der Waals surface area contributed by atoms with Crippen LogP contribution in [0.15, 0.2) is 96.1 Å². The fourth-order valence-corrected chi connectivity index (χ4v) is 3.33. The highest BCUT2D eigenvalue weighted by molar-refractivity contribution is 5.90. The molecule has 0 spiro atoms. The number of ketones is 1. The quantitative estimate of drug-likeness (QED) is 0.552. The van der Waals surface area contributed by atoms with E-state index >= 15 is 0 Å². The molecule has 0 fully saturated rings. The highest BCUT2D eigenvalue weighted by Crippen LogP contribution is 2.26. The maximum atomic E-state index is 13.2. The number of pyridine rings is 1. The van der Waals surface area contributed by atoms with Crippen LogP contribution in [0, 0.1) is 0 Å². The number of hydrogen-bond donors (Lipinski definition) is 1. The average molecular weight is 381 g/mol. The van der Waals surface area contributed by atoms with Gasteiger partial charge in [0.15, 0.2) is 5.82 Å². The van der Waals surface area contributed by atoms with Crippen LogP contribution in [0.25, 0.3) is 11.5 Å². The first-order valence-corrected chi connectivity index (χ1v) is 9.34. The van der Waals surface area contributed by atoms with Crippen LogP contribution in [0.3, 0.4) is 0 Å². The Labute approximate surface area is 168 Å². The van der Waals surface area contributed by atoms with Crippen molar-refractivity contribution in [3.63, 3.8) is 0 Å². The van der Waals surface area contributed by atoms with Gasteiger partial charge in [0.05, 0.1) is 5.92 Å². The summed E-state index contributed by atoms with van der Waals surface area (Å²) >= 11 is 0. The predicted molar refractivity (Wildman–Crippen MR) is 112 cm³/mol. The molecule has 1 N–H and O–H groups in total. The zero-order chi connectivity index (χ0) is 20.1. The molecule has 4 aromatic rings. The highest BCUT2D eigenvalue weighted by atomic mass is 16.1. The number of aromatic nitrogens is 3. The number of H-pyrrole nitrogens is 1. The Morgan fingerprint density at radius 2 is 1.45 bits per heavy atom. The Kier molecular flexibility index (Phi) is 5.38. The molecule has 0 amide bonds. The molecule has 5 nitrogen and oxygen atoms in total. The van der Waals surface area contributed by atoms with E-state index in [0.29, 0.717) is 17.1 Å². The van der Waals surface area contributed by atoms with Crippen molar-refractivity contribution in [1.82, 2.24) is 15.0 Å². The van der Waals surface area contributed by atoms with Crippen molar-refractivity contribution in [2.45, 2.75) is 12.3 Å². The van der Waals surface area contributed by atoms with Crippen LogP contribution in [0.2, 0.25) is 0 Å². The number of nitrogens with one attached hydrogen (secondary N) is 1. The molecular formula is C24H19N3O2. The second kappa shape index (κ2) is 8.44. The third-order valence-electron chi connectivity index (χ3n) is 4.73. The number of rotatable bonds is 6. The van der Waals surface area contributed by atoms with Gasteiger partial charge in [0, 0.05) is 24.4 Å². The molecule has 0 radical (unpaired) electrons. The molecule has 0 atom stereocenters. The van der Waals surface area contributed by atoms with E-state index in [4.69, 9.17) is 0 Å². The lowest BCUT2D eigenvalue weighted by Gasteiger charge is -2.17. The zero-order valence-electron chi connectivity index (χ0n) is 15.7. The van der Waals surface area contributed by atoms with Crippen molar-refractivity contribution >= 4 is 5.78 Å². The minimum atomic E-state index is -0.438. The van der Waals surface area contributed by atoms with Gasteiger partial charge in [-0.25, -0.2) is 4.98 Å². The molecule has 29 heavy (non-hydrogen) atoms. The number of benzene rings is 2. The van der Waals surface area contributed by atoms with Crippen LogP contribution in [0.4, 0.5) is 0 Å². The van der Waals surface area contributed by atoms with E-state index in [1.807, 2.05) is 66.7 Å². The van der Waals surface area contributed by atoms with Crippen LogP contribution in [-0.4, -0.2) is 20.7 Å². The van der Waals surface area contributed by atoms with Gasteiger partial charge in [0.25, 0.3) is 5.56 Å². The second-order valence-electron chi connectivity index (χ2n) is 6.70. The lowest BCUT2D eigenvalue weighted by molar-refractivity contribution is -0.119. The molecule has 0 saturated heterocycles. The van der Waals surface area contributed by atoms with Gasteiger partial charge in [0.2, 0.25) is 0 Å². The molecule has 0 aliphatic carbocycles. The van der Waals surface area contributed by atoms with Gasteiger partial charge < -0.3 is 4.98 Å². The van der Waals surface area contributed by atoms with E-state index < -0.39 is 5.92 Å². The molecule has 5 heteroatoms. The molecule has 4 rings (SSSR count). The first-order chi connectivity index (χ1) is 14.2. The van der Waals surface area contributed by atoms with Gasteiger partial charge in [-0.15, -0.1) is 0 Å². The van der Waals surface area contributed by atoms with Crippen molar-refractivity contribution < 1.29 is 4.79 Å². The number of Topliss-reactive ketones (excluding diaryl/α,β-unsaturated/α-hetero) is 1. The van der Waals surface area contributed by atoms with Crippen LogP contribution in [0.5, 0.6) is 0 Å². The minimum absolute atomic E-state index is 0.000708. The summed E-state index contributed by atoms with van der Waals surface area (Å²) < 4.78 is 0. The van der Waals surface area contributed by atoms with Crippen LogP contribution in [-0.2, 0) is 11.2 Å². The summed E-state index contributed by atoms with van der Waals surface area (Å²) in [5, 5.41) is 0. The minimum Gasteiger partial charge on any atom is -0.305 e. The second-order valence-corrected chi connectivity index (χ2v) is 6.70. The molecule has 142 valence electrons. The summed E-state index contributed by atoms with van der Waals surface area (Å²) in [7, 11) is 0. The number of carbonyl (C=O) groups is 1. The van der Waals surface area contributed by atoms with Crippen LogP contribution >= 0.6 is 0 Å². The van der Waals surface area contributed by atoms with Crippen molar-refractivity contribution in [3.8, 4) is 11.5 Å². The first kappa shape index (κ1) is 18.5. The Hall–Kier alpha value is -3.86. The van der Waals surface area contributed by atoms with Gasteiger partial charge in [-0.1, -0.05) is 66.7 Å². The van der Waals surface area contributed by atoms with Gasteiger partial charge in [-0.3, -0.25) is 14.6 Å². The molecule has 0 aliphatic rings. The Balaban J connectivity index is 1.64. The standard InChI is InChI=1S/C24H19N3O2/c28-21(22(17-9-3-1-4-10-17)18-11-5-2-6-12-18)15-19-16-26-23(27-24(19)29)20-13-7-8-14-25-20/h1-14,16,22H,15H2,(H,26,27,29). The fourth-order valence-electron chi connectivity index (χ4n) is 3.33. The van der Waals surface area contributed by atoms with E-state index in [0.717, 1.165) is 11.1 Å². The Bertz CT molecular complexity index is 1120. The van der Waals surface area contributed by atoms with Gasteiger partial charge >= 0.3 is 0 Å². The maximum Gasteiger partial charge on any atom is 0.254 e. The SMILES string of the molecule is O=C(Cc1cnc(-c2ccccn2)[nH]c1=O)C(c1ccccc1)c1ccccc1. The average Bonchev–Trinajstić information content (AvgIpc) is 2.77. The third kappa shape index (κ3) is 4.19. The third-order valence-corrected chi connectivity index (χ3v) is 4.73. The Morgan fingerprint density at radius 1 is 0.828 bits per heavy atom. The van der Waals surface area contributed by atoms with Crippen molar-refractivity contribution in [1.29, 1.82) is 0 Å². The highest BCUT2D eigenvalue weighted by Gasteiger charge is 2.23. The number of aromatic amines is 1. The summed E-state index contributed by atoms with van der Waals surface area (Å²) in [5.41, 5.74) is 2.39. The molecule has 0 aliphatic heterocycles. The summed E-state index contributed by atoms with van der Waals surface area (Å²) in [6, 6.07) is 24.6. The lowest BCUT2D eigenvalue weighted by Crippen LogP contribution is -2.22. The first-order valence-electron chi connectivity index (χ1n) is 9.34. The number of nitrogens with zero attached hydrogens (tertiary/aromatic N) is 2. The zero-order valence-corrected chi connectivity index (χ0v) is 15.7. The smallest absolute Gasteiger partial charge is 0.254 e. The monoisotopic (exact) mass is 381 g/mol. The summed E-state index contributed by atoms with van der Waals surface area (Å²) in [6.45, 7) is 0. The Morgan fingerprint density at radius 3 is 2.00 bits per heavy atom. The van der Waals surface area contributed by atoms with E-state index in [-0.39, 0.29) is 17.8 Å². The maximum absolute atomic E-state index is 13.2. The van der Waals surface area contributed by atoms with E-state index in [1.54, 1.807) is 18.3 Å². The normalized spacial score (nSPS) is 10.8. The van der Waals surface area contributed by atoms with Crippen LogP contribution in [0.1, 0.15) is 22.6 Å². The van der Waals surface area contributed by atoms with E-state index in [9.17, 15) is 9.59 Å². The molecular weight excluding hydrogens is 362 g/mol. The fraction of sp³-hybridized carbons (Fsp3) is 0.0833. The topological polar surface area (TPSA) is 75.7 Å². The summed E-state index contributed by atoms with van der Waals surface area (Å²) in [4.78, 5) is 37.0. The molecule has 0 saturated carbocycles. The molecule has 2 aromatic heterocycles. The van der Waals surface area contributed by atoms with Gasteiger partial charge in [0.1, 0.15) is 11.5 Å². The predicted octanol–water partition coefficient (Wildman–Crippen LogP) is 3.78. The van der Waals surface area contributed by atoms with Crippen molar-refractivity contribution in [2.24, 2.45) is 0 Å². The molecule has 0 unspecified atom stereocenters. The van der Waals surface area contributed by atoms with E-state index in [1.165, 1.54) is 6.20 Å². The van der Waals surface area contributed by atoms with Gasteiger partial charge in [-0.2, -0.15) is 0 Å². The van der Waals surface area contributed by atoms with Gasteiger partial charge in [-0.05, 0) is 23.3 Å². The molecule has 2 heterocycles. The summed E-state index contributed by atoms with van der Waals surface area (Å²) in [5.74, 6) is -0.109. The largest absolute Gasteiger partial charge is 0.305 e. The lowest BCUT2D eigenvalue weighted by atomic mass is 9.85. The molecule has 2 aromatic carbocycles. The van der Waals surface area contributed by atoms with Crippen LogP contribution < -0.4 is 5.56 Å². The number of carbonyl (C=O) groups excluding carboxylic acids is 1. The van der Waals surface area contributed by atoms with Crippen molar-refractivity contribution in [3.05, 3.63) is 118 Å². The number of hydrogen-bond acceptors (Lipinski definition) is 4. The van der Waals surface area contributed by atoms with E-state index in [2.05, 4.69) is 15.0 Å². The molecule has 0 bridgehead atoms. The summed E-state index contributed by atoms with van der Waals surface area (Å²) in [6.07, 6.45) is 3.10.